The highest BCUT2D eigenvalue weighted by molar-refractivity contribution is 5.77. The lowest BCUT2D eigenvalue weighted by molar-refractivity contribution is -0.143. The highest BCUT2D eigenvalue weighted by Gasteiger charge is 2.23. The van der Waals surface area contributed by atoms with Crippen molar-refractivity contribution in [1.82, 2.24) is 0 Å². The van der Waals surface area contributed by atoms with Crippen LogP contribution in [0.4, 0.5) is 0 Å². The lowest BCUT2D eigenvalue weighted by Crippen LogP contribution is -2.25. The van der Waals surface area contributed by atoms with Crippen LogP contribution in [0.25, 0.3) is 0 Å². The van der Waals surface area contributed by atoms with Crippen LogP contribution < -0.4 is 4.74 Å². The van der Waals surface area contributed by atoms with Gasteiger partial charge >= 0.3 is 11.9 Å². The summed E-state index contributed by atoms with van der Waals surface area (Å²) >= 11 is 0. The molecule has 0 radical (unpaired) electrons. The number of carbonyl (C=O) groups excluding carboxylic acids is 1. The molecule has 138 valence electrons. The van der Waals surface area contributed by atoms with Gasteiger partial charge in [0.25, 0.3) is 0 Å². The Hall–Kier alpha value is -1.84. The Bertz CT molecular complexity index is 456. The summed E-state index contributed by atoms with van der Waals surface area (Å²) in [5, 5.41) is 8.55. The van der Waals surface area contributed by atoms with E-state index >= 15 is 0 Å². The Labute approximate surface area is 147 Å². The molecule has 0 atom stereocenters. The third kappa shape index (κ3) is 11.7. The van der Waals surface area contributed by atoms with Gasteiger partial charge in [0.05, 0.1) is 5.41 Å². The standard InChI is InChI=1S/C16H22O4.2C2H6/c1-16(2,3)15(19)20-13-10-8-12(9-11-13)6-4-5-7-14(17)18;2*1-2/h8-11H,4-7H2,1-3H3,(H,17,18);2*1-2H3. The van der Waals surface area contributed by atoms with Crippen molar-refractivity contribution >= 4 is 11.9 Å². The van der Waals surface area contributed by atoms with E-state index in [2.05, 4.69) is 0 Å². The first-order chi connectivity index (χ1) is 11.3. The molecule has 0 aliphatic carbocycles. The van der Waals surface area contributed by atoms with Gasteiger partial charge in [-0.3, -0.25) is 9.59 Å². The molecule has 1 N–H and O–H groups in total. The maximum atomic E-state index is 11.7. The normalized spacial score (nSPS) is 9.79. The number of benzene rings is 1. The molecule has 1 rings (SSSR count). The van der Waals surface area contributed by atoms with E-state index in [-0.39, 0.29) is 12.4 Å². The van der Waals surface area contributed by atoms with Crippen molar-refractivity contribution < 1.29 is 19.4 Å². The minimum atomic E-state index is -0.755. The van der Waals surface area contributed by atoms with E-state index in [4.69, 9.17) is 9.84 Å². The van der Waals surface area contributed by atoms with Gasteiger partial charge in [-0.1, -0.05) is 39.8 Å². The highest BCUT2D eigenvalue weighted by atomic mass is 16.5. The summed E-state index contributed by atoms with van der Waals surface area (Å²) < 4.78 is 5.27. The Kier molecular flexibility index (Phi) is 13.8. The quantitative estimate of drug-likeness (QED) is 0.423. The molecule has 0 spiro atoms. The summed E-state index contributed by atoms with van der Waals surface area (Å²) in [6.45, 7) is 13.4. The summed E-state index contributed by atoms with van der Waals surface area (Å²) in [6.07, 6.45) is 2.56. The SMILES string of the molecule is CC.CC.CC(C)(C)C(=O)Oc1ccc(CCCCC(=O)O)cc1. The molecular formula is C20H34O4. The van der Waals surface area contributed by atoms with Gasteiger partial charge < -0.3 is 9.84 Å². The summed E-state index contributed by atoms with van der Waals surface area (Å²) in [7, 11) is 0. The van der Waals surface area contributed by atoms with Crippen molar-refractivity contribution in [1.29, 1.82) is 0 Å². The maximum absolute atomic E-state index is 11.7. The number of rotatable bonds is 6. The van der Waals surface area contributed by atoms with Gasteiger partial charge in [-0.15, -0.1) is 0 Å². The van der Waals surface area contributed by atoms with Gasteiger partial charge in [0.15, 0.2) is 0 Å². The zero-order valence-electron chi connectivity index (χ0n) is 16.3. The molecular weight excluding hydrogens is 304 g/mol. The molecule has 0 amide bonds. The van der Waals surface area contributed by atoms with E-state index in [9.17, 15) is 9.59 Å². The molecule has 0 aliphatic heterocycles. The average molecular weight is 338 g/mol. The van der Waals surface area contributed by atoms with E-state index in [1.54, 1.807) is 12.1 Å². The number of carbonyl (C=O) groups is 2. The highest BCUT2D eigenvalue weighted by Crippen LogP contribution is 2.20. The molecule has 0 saturated heterocycles. The van der Waals surface area contributed by atoms with Gasteiger partial charge in [0.2, 0.25) is 0 Å². The third-order valence-electron chi connectivity index (χ3n) is 2.85. The fourth-order valence-electron chi connectivity index (χ4n) is 1.59. The zero-order valence-corrected chi connectivity index (χ0v) is 16.3. The number of aliphatic carboxylic acids is 1. The molecule has 0 saturated carbocycles. The molecule has 0 fully saturated rings. The molecule has 0 bridgehead atoms. The van der Waals surface area contributed by atoms with Crippen LogP contribution in [0, 0.1) is 5.41 Å². The second kappa shape index (κ2) is 13.6. The number of carboxylic acid groups (broad SMARTS) is 1. The van der Waals surface area contributed by atoms with E-state index < -0.39 is 11.4 Å². The second-order valence-electron chi connectivity index (χ2n) is 5.88. The Balaban J connectivity index is 0. The van der Waals surface area contributed by atoms with Gasteiger partial charge in [-0.25, -0.2) is 0 Å². The first-order valence-corrected chi connectivity index (χ1v) is 8.82. The summed E-state index contributed by atoms with van der Waals surface area (Å²) in [5.41, 5.74) is 0.598. The fraction of sp³-hybridized carbons (Fsp3) is 0.600. The minimum Gasteiger partial charge on any atom is -0.481 e. The van der Waals surface area contributed by atoms with Gasteiger partial charge in [0, 0.05) is 6.42 Å². The van der Waals surface area contributed by atoms with Crippen molar-refractivity contribution in [3.63, 3.8) is 0 Å². The van der Waals surface area contributed by atoms with Crippen molar-refractivity contribution in [3.8, 4) is 5.75 Å². The largest absolute Gasteiger partial charge is 0.481 e. The molecule has 0 heterocycles. The van der Waals surface area contributed by atoms with Crippen LogP contribution >= 0.6 is 0 Å². The second-order valence-corrected chi connectivity index (χ2v) is 5.88. The fourth-order valence-corrected chi connectivity index (χ4v) is 1.59. The van der Waals surface area contributed by atoms with Gasteiger partial charge in [-0.2, -0.15) is 0 Å². The third-order valence-corrected chi connectivity index (χ3v) is 2.85. The number of unbranched alkanes of at least 4 members (excludes halogenated alkanes) is 1. The Morgan fingerprint density at radius 2 is 1.46 bits per heavy atom. The first kappa shape index (κ1) is 24.4. The predicted molar refractivity (Wildman–Crippen MR) is 99.4 cm³/mol. The molecule has 4 nitrogen and oxygen atoms in total. The van der Waals surface area contributed by atoms with Crippen molar-refractivity contribution in [2.45, 2.75) is 74.1 Å². The number of carboxylic acids is 1. The van der Waals surface area contributed by atoms with Crippen LogP contribution in [0.15, 0.2) is 24.3 Å². The molecule has 24 heavy (non-hydrogen) atoms. The molecule has 0 unspecified atom stereocenters. The van der Waals surface area contributed by atoms with Crippen LogP contribution in [0.5, 0.6) is 5.75 Å². The molecule has 4 heteroatoms. The van der Waals surface area contributed by atoms with Crippen LogP contribution in [0.2, 0.25) is 0 Å². The Morgan fingerprint density at radius 3 is 1.88 bits per heavy atom. The van der Waals surface area contributed by atoms with Crippen LogP contribution in [-0.4, -0.2) is 17.0 Å². The van der Waals surface area contributed by atoms with Gasteiger partial charge in [-0.05, 0) is 57.7 Å². The minimum absolute atomic E-state index is 0.210. The summed E-state index contributed by atoms with van der Waals surface area (Å²) in [4.78, 5) is 22.1. The van der Waals surface area contributed by atoms with E-state index in [0.717, 1.165) is 18.4 Å². The number of esters is 1. The Morgan fingerprint density at radius 1 is 0.958 bits per heavy atom. The maximum Gasteiger partial charge on any atom is 0.316 e. The molecule has 1 aromatic carbocycles. The van der Waals surface area contributed by atoms with E-state index in [1.165, 1.54) is 0 Å². The van der Waals surface area contributed by atoms with Crippen LogP contribution in [-0.2, 0) is 16.0 Å². The summed E-state index contributed by atoms with van der Waals surface area (Å²) in [5.74, 6) is -0.472. The number of hydrogen-bond acceptors (Lipinski definition) is 3. The zero-order chi connectivity index (χ0) is 19.2. The molecule has 0 aliphatic rings. The number of hydrogen-bond donors (Lipinski definition) is 1. The van der Waals surface area contributed by atoms with Crippen molar-refractivity contribution in [3.05, 3.63) is 29.8 Å². The number of ether oxygens (including phenoxy) is 1. The van der Waals surface area contributed by atoms with Crippen molar-refractivity contribution in [2.75, 3.05) is 0 Å². The summed E-state index contributed by atoms with van der Waals surface area (Å²) in [6, 6.07) is 7.37. The van der Waals surface area contributed by atoms with Crippen molar-refractivity contribution in [2.24, 2.45) is 5.41 Å². The lowest BCUT2D eigenvalue weighted by atomic mass is 9.97. The van der Waals surface area contributed by atoms with E-state index in [0.29, 0.717) is 12.2 Å². The van der Waals surface area contributed by atoms with Crippen LogP contribution in [0.1, 0.15) is 73.3 Å². The lowest BCUT2D eigenvalue weighted by Gasteiger charge is -2.16. The van der Waals surface area contributed by atoms with Gasteiger partial charge in [0.1, 0.15) is 5.75 Å². The average Bonchev–Trinajstić information content (AvgIpc) is 2.56. The molecule has 1 aromatic rings. The van der Waals surface area contributed by atoms with Crippen LogP contribution in [0.3, 0.4) is 0 Å². The monoisotopic (exact) mass is 338 g/mol. The topological polar surface area (TPSA) is 63.6 Å². The molecule has 0 aromatic heterocycles. The van der Waals surface area contributed by atoms with E-state index in [1.807, 2.05) is 60.6 Å². The first-order valence-electron chi connectivity index (χ1n) is 8.82. The number of aryl methyl sites for hydroxylation is 1. The predicted octanol–water partition coefficient (Wildman–Crippen LogP) is 5.49. The smallest absolute Gasteiger partial charge is 0.316 e.